The number of amides is 1. The number of hydrogen-bond donors (Lipinski definition) is 3. The van der Waals surface area contributed by atoms with Crippen LogP contribution in [0.4, 0.5) is 11.4 Å². The summed E-state index contributed by atoms with van der Waals surface area (Å²) in [5.74, 6) is -0.144. The number of halogens is 2. The molecule has 122 valence electrons. The van der Waals surface area contributed by atoms with Gasteiger partial charge in [-0.25, -0.2) is 0 Å². The monoisotopic (exact) mass is 351 g/mol. The first-order valence-electron chi connectivity index (χ1n) is 7.42. The van der Waals surface area contributed by atoms with Crippen LogP contribution in [0, 0.1) is 0 Å². The highest BCUT2D eigenvalue weighted by atomic mass is 35.5. The molecule has 23 heavy (non-hydrogen) atoms. The maximum Gasteiger partial charge on any atom is 0.253 e. The van der Waals surface area contributed by atoms with Crippen LogP contribution in [0.2, 0.25) is 10.0 Å². The Morgan fingerprint density at radius 2 is 1.70 bits per heavy atom. The largest absolute Gasteiger partial charge is 0.352 e. The molecule has 2 aromatic rings. The van der Waals surface area contributed by atoms with E-state index < -0.39 is 0 Å². The van der Waals surface area contributed by atoms with Gasteiger partial charge in [-0.1, -0.05) is 48.3 Å². The summed E-state index contributed by atoms with van der Waals surface area (Å²) < 4.78 is 0. The highest BCUT2D eigenvalue weighted by Crippen LogP contribution is 2.33. The number of benzene rings is 2. The zero-order valence-corrected chi connectivity index (χ0v) is 14.3. The Bertz CT molecular complexity index is 656. The highest BCUT2D eigenvalue weighted by Gasteiger charge is 2.13. The predicted molar refractivity (Wildman–Crippen MR) is 97.1 cm³/mol. The molecule has 2 rings (SSSR count). The molecular weight excluding hydrogens is 333 g/mol. The molecule has 0 spiro atoms. The molecule has 0 aliphatic carbocycles. The van der Waals surface area contributed by atoms with Crippen LogP contribution < -0.4 is 16.0 Å². The van der Waals surface area contributed by atoms with Gasteiger partial charge >= 0.3 is 0 Å². The predicted octanol–water partition coefficient (Wildman–Crippen LogP) is 4.08. The van der Waals surface area contributed by atoms with E-state index >= 15 is 0 Å². The third kappa shape index (κ3) is 4.86. The Hall–Kier alpha value is -1.75. The van der Waals surface area contributed by atoms with Crippen molar-refractivity contribution >= 4 is 40.5 Å². The topological polar surface area (TPSA) is 53.2 Å². The number of nitrogens with one attached hydrogen (secondary N) is 3. The molecular formula is C17H19Cl2N3O. The van der Waals surface area contributed by atoms with E-state index in [9.17, 15) is 4.79 Å². The van der Waals surface area contributed by atoms with Gasteiger partial charge in [-0.05, 0) is 30.8 Å². The van der Waals surface area contributed by atoms with Gasteiger partial charge in [0.25, 0.3) is 5.91 Å². The van der Waals surface area contributed by atoms with E-state index in [1.54, 1.807) is 24.3 Å². The van der Waals surface area contributed by atoms with E-state index in [0.717, 1.165) is 13.1 Å². The van der Waals surface area contributed by atoms with Crippen molar-refractivity contribution in [2.24, 2.45) is 0 Å². The average Bonchev–Trinajstić information content (AvgIpc) is 2.55. The number of anilines is 2. The first-order valence-corrected chi connectivity index (χ1v) is 8.18. The van der Waals surface area contributed by atoms with Gasteiger partial charge in [0, 0.05) is 13.1 Å². The molecule has 3 N–H and O–H groups in total. The molecule has 0 aliphatic rings. The Kier molecular flexibility index (Phi) is 6.71. The van der Waals surface area contributed by atoms with Gasteiger partial charge in [0.05, 0.1) is 27.0 Å². The minimum atomic E-state index is -0.144. The second-order valence-electron chi connectivity index (χ2n) is 4.88. The number of carbonyl (C=O) groups is 1. The Morgan fingerprint density at radius 1 is 1.00 bits per heavy atom. The summed E-state index contributed by atoms with van der Waals surface area (Å²) in [7, 11) is 0. The lowest BCUT2D eigenvalue weighted by atomic mass is 10.1. The van der Waals surface area contributed by atoms with E-state index in [2.05, 4.69) is 16.0 Å². The fourth-order valence-corrected chi connectivity index (χ4v) is 2.57. The summed E-state index contributed by atoms with van der Waals surface area (Å²) in [6.07, 6.45) is 0. The van der Waals surface area contributed by atoms with Gasteiger partial charge in [0.1, 0.15) is 0 Å². The maximum absolute atomic E-state index is 12.3. The second kappa shape index (κ2) is 8.77. The van der Waals surface area contributed by atoms with E-state index in [1.165, 1.54) is 0 Å². The molecule has 0 fully saturated rings. The van der Waals surface area contributed by atoms with Gasteiger partial charge in [-0.3, -0.25) is 4.79 Å². The zero-order valence-electron chi connectivity index (χ0n) is 12.8. The highest BCUT2D eigenvalue weighted by molar-refractivity contribution is 6.39. The van der Waals surface area contributed by atoms with Crippen molar-refractivity contribution in [3.8, 4) is 0 Å². The van der Waals surface area contributed by atoms with Crippen molar-refractivity contribution in [3.05, 3.63) is 58.1 Å². The third-order valence-electron chi connectivity index (χ3n) is 3.23. The number of carbonyl (C=O) groups excluding carboxylic acids is 1. The molecule has 2 aromatic carbocycles. The lowest BCUT2D eigenvalue weighted by Crippen LogP contribution is -2.32. The van der Waals surface area contributed by atoms with Gasteiger partial charge in [-0.2, -0.15) is 0 Å². The SMILES string of the molecule is CCNCCNC(=O)c1ccccc1Nc1c(Cl)cccc1Cl. The quantitative estimate of drug-likeness (QED) is 0.659. The van der Waals surface area contributed by atoms with E-state index in [-0.39, 0.29) is 5.91 Å². The van der Waals surface area contributed by atoms with Crippen LogP contribution in [0.15, 0.2) is 42.5 Å². The smallest absolute Gasteiger partial charge is 0.253 e. The minimum Gasteiger partial charge on any atom is -0.352 e. The number of rotatable bonds is 7. The van der Waals surface area contributed by atoms with Gasteiger partial charge < -0.3 is 16.0 Å². The van der Waals surface area contributed by atoms with Crippen molar-refractivity contribution in [1.29, 1.82) is 0 Å². The van der Waals surface area contributed by atoms with Crippen LogP contribution >= 0.6 is 23.2 Å². The molecule has 0 heterocycles. The van der Waals surface area contributed by atoms with Crippen molar-refractivity contribution in [1.82, 2.24) is 10.6 Å². The molecule has 0 unspecified atom stereocenters. The Morgan fingerprint density at radius 3 is 2.39 bits per heavy atom. The van der Waals surface area contributed by atoms with Crippen molar-refractivity contribution in [2.45, 2.75) is 6.92 Å². The van der Waals surface area contributed by atoms with Crippen molar-refractivity contribution in [3.63, 3.8) is 0 Å². The molecule has 0 bridgehead atoms. The first kappa shape index (κ1) is 17.6. The molecule has 0 saturated heterocycles. The summed E-state index contributed by atoms with van der Waals surface area (Å²) in [4.78, 5) is 12.3. The fourth-order valence-electron chi connectivity index (χ4n) is 2.08. The molecule has 0 saturated carbocycles. The fraction of sp³-hybridized carbons (Fsp3) is 0.235. The van der Waals surface area contributed by atoms with Crippen LogP contribution in [0.25, 0.3) is 0 Å². The minimum absolute atomic E-state index is 0.144. The third-order valence-corrected chi connectivity index (χ3v) is 3.86. The first-order chi connectivity index (χ1) is 11.1. The summed E-state index contributed by atoms with van der Waals surface area (Å²) in [5, 5.41) is 10.2. The molecule has 6 heteroatoms. The van der Waals surface area contributed by atoms with Crippen LogP contribution in [0.5, 0.6) is 0 Å². The summed E-state index contributed by atoms with van der Waals surface area (Å²) in [6, 6.07) is 12.5. The lowest BCUT2D eigenvalue weighted by Gasteiger charge is -2.14. The van der Waals surface area contributed by atoms with Crippen LogP contribution in [-0.2, 0) is 0 Å². The zero-order chi connectivity index (χ0) is 16.7. The Balaban J connectivity index is 2.16. The van der Waals surface area contributed by atoms with Crippen LogP contribution in [0.1, 0.15) is 17.3 Å². The van der Waals surface area contributed by atoms with Gasteiger partial charge in [0.15, 0.2) is 0 Å². The molecule has 0 atom stereocenters. The molecule has 0 aliphatic heterocycles. The van der Waals surface area contributed by atoms with Gasteiger partial charge in [0.2, 0.25) is 0 Å². The molecule has 4 nitrogen and oxygen atoms in total. The molecule has 1 amide bonds. The van der Waals surface area contributed by atoms with E-state index in [1.807, 2.05) is 25.1 Å². The normalized spacial score (nSPS) is 10.4. The van der Waals surface area contributed by atoms with Crippen molar-refractivity contribution in [2.75, 3.05) is 25.0 Å². The number of para-hydroxylation sites is 2. The van der Waals surface area contributed by atoms with Crippen molar-refractivity contribution < 1.29 is 4.79 Å². The summed E-state index contributed by atoms with van der Waals surface area (Å²) >= 11 is 12.3. The van der Waals surface area contributed by atoms with Crippen LogP contribution in [-0.4, -0.2) is 25.5 Å². The maximum atomic E-state index is 12.3. The molecule has 0 aromatic heterocycles. The van der Waals surface area contributed by atoms with Gasteiger partial charge in [-0.15, -0.1) is 0 Å². The standard InChI is InChI=1S/C17H19Cl2N3O/c1-2-20-10-11-21-17(23)12-6-3-4-9-15(12)22-16-13(18)7-5-8-14(16)19/h3-9,20,22H,2,10-11H2,1H3,(H,21,23). The average molecular weight is 352 g/mol. The van der Waals surface area contributed by atoms with Crippen LogP contribution in [0.3, 0.4) is 0 Å². The summed E-state index contributed by atoms with van der Waals surface area (Å²) in [6.45, 7) is 4.19. The second-order valence-corrected chi connectivity index (χ2v) is 5.69. The Labute approximate surface area is 146 Å². The lowest BCUT2D eigenvalue weighted by molar-refractivity contribution is 0.0955. The molecule has 0 radical (unpaired) electrons. The summed E-state index contributed by atoms with van der Waals surface area (Å²) in [5.41, 5.74) is 1.78. The number of hydrogen-bond acceptors (Lipinski definition) is 3. The van der Waals surface area contributed by atoms with E-state index in [0.29, 0.717) is 33.5 Å². The van der Waals surface area contributed by atoms with E-state index in [4.69, 9.17) is 23.2 Å². The number of likely N-dealkylation sites (N-methyl/N-ethyl adjacent to an activating group) is 1.